The summed E-state index contributed by atoms with van der Waals surface area (Å²) in [5.74, 6) is 0. The van der Waals surface area contributed by atoms with Gasteiger partial charge >= 0.3 is 0 Å². The molecule has 1 rings (SSSR count). The minimum absolute atomic E-state index is 0.232. The van der Waals surface area contributed by atoms with Crippen LogP contribution in [0.4, 0.5) is 0 Å². The molecule has 7 heteroatoms. The van der Waals surface area contributed by atoms with Crippen molar-refractivity contribution in [2.45, 2.75) is 30.6 Å². The highest BCUT2D eigenvalue weighted by atomic mass is 127. The molecule has 0 amide bonds. The Morgan fingerprint density at radius 3 is 2.53 bits per heavy atom. The smallest absolute Gasteiger partial charge is 0.211 e. The number of hydrogen-bond donors (Lipinski definition) is 1. The zero-order valence-corrected chi connectivity index (χ0v) is 15.6. The Morgan fingerprint density at radius 2 is 1.89 bits per heavy atom. The van der Waals surface area contributed by atoms with E-state index in [2.05, 4.69) is 43.2 Å². The summed E-state index contributed by atoms with van der Waals surface area (Å²) in [4.78, 5) is 0.232. The molecule has 0 radical (unpaired) electrons. The highest BCUT2D eigenvalue weighted by Crippen LogP contribution is 2.25. The third-order valence-electron chi connectivity index (χ3n) is 2.55. The summed E-state index contributed by atoms with van der Waals surface area (Å²) in [5, 5.41) is 0.498. The number of unbranched alkanes of at least 4 members (excludes halogenated alkanes) is 3. The lowest BCUT2D eigenvalue weighted by molar-refractivity contribution is 0.574. The molecule has 0 aliphatic carbocycles. The van der Waals surface area contributed by atoms with Crippen molar-refractivity contribution in [3.8, 4) is 0 Å². The molecular formula is C12H16BrClINO2S. The summed E-state index contributed by atoms with van der Waals surface area (Å²) in [5.41, 5.74) is 0. The van der Waals surface area contributed by atoms with E-state index in [1.807, 2.05) is 0 Å². The van der Waals surface area contributed by atoms with Crippen LogP contribution in [-0.4, -0.2) is 19.4 Å². The molecule has 0 heterocycles. The highest BCUT2D eigenvalue weighted by Gasteiger charge is 2.14. The minimum Gasteiger partial charge on any atom is -0.211 e. The van der Waals surface area contributed by atoms with Crippen molar-refractivity contribution in [2.24, 2.45) is 0 Å². The number of alkyl halides is 1. The van der Waals surface area contributed by atoms with E-state index in [1.54, 1.807) is 6.07 Å². The van der Waals surface area contributed by atoms with Gasteiger partial charge < -0.3 is 0 Å². The van der Waals surface area contributed by atoms with Crippen molar-refractivity contribution in [1.29, 1.82) is 0 Å². The number of hydrogen-bond acceptors (Lipinski definition) is 2. The Hall–Kier alpha value is 0.630. The Kier molecular flexibility index (Phi) is 8.20. The predicted molar refractivity (Wildman–Crippen MR) is 91.7 cm³/mol. The van der Waals surface area contributed by atoms with Crippen LogP contribution in [-0.2, 0) is 10.0 Å². The third kappa shape index (κ3) is 6.29. The Morgan fingerprint density at radius 1 is 1.21 bits per heavy atom. The molecule has 0 unspecified atom stereocenters. The Balaban J connectivity index is 2.49. The van der Waals surface area contributed by atoms with Crippen LogP contribution in [0, 0.1) is 0 Å². The number of benzene rings is 1. The summed E-state index contributed by atoms with van der Waals surface area (Å²) in [6.45, 7) is 0.476. The molecule has 0 saturated heterocycles. The summed E-state index contributed by atoms with van der Waals surface area (Å²) >= 11 is 11.4. The molecule has 0 atom stereocenters. The van der Waals surface area contributed by atoms with E-state index in [1.165, 1.54) is 18.6 Å². The van der Waals surface area contributed by atoms with Gasteiger partial charge in [-0.3, -0.25) is 0 Å². The zero-order valence-electron chi connectivity index (χ0n) is 10.3. The van der Waals surface area contributed by atoms with Gasteiger partial charge in [0.2, 0.25) is 10.0 Å². The van der Waals surface area contributed by atoms with Crippen LogP contribution < -0.4 is 4.72 Å². The lowest BCUT2D eigenvalue weighted by Crippen LogP contribution is -2.24. The van der Waals surface area contributed by atoms with Crippen molar-refractivity contribution >= 4 is 60.1 Å². The maximum atomic E-state index is 12.0. The molecule has 0 spiro atoms. The van der Waals surface area contributed by atoms with Gasteiger partial charge in [0, 0.05) is 11.0 Å². The number of nitrogens with one attached hydrogen (secondary N) is 1. The van der Waals surface area contributed by atoms with E-state index in [9.17, 15) is 8.42 Å². The first kappa shape index (κ1) is 17.7. The highest BCUT2D eigenvalue weighted by molar-refractivity contribution is 14.1. The first-order valence-corrected chi connectivity index (χ1v) is 10.2. The SMILES string of the molecule is O=S(=O)(NCCCCCCI)c1ccc(Cl)c(Br)c1. The van der Waals surface area contributed by atoms with Crippen molar-refractivity contribution < 1.29 is 8.42 Å². The second kappa shape index (κ2) is 8.81. The van der Waals surface area contributed by atoms with E-state index in [4.69, 9.17) is 11.6 Å². The van der Waals surface area contributed by atoms with E-state index < -0.39 is 10.0 Å². The van der Waals surface area contributed by atoms with E-state index in [-0.39, 0.29) is 4.90 Å². The molecule has 19 heavy (non-hydrogen) atoms. The van der Waals surface area contributed by atoms with Gasteiger partial charge in [0.15, 0.2) is 0 Å². The minimum atomic E-state index is -3.43. The zero-order chi connectivity index (χ0) is 14.3. The average Bonchev–Trinajstić information content (AvgIpc) is 2.36. The molecule has 1 N–H and O–H groups in total. The molecule has 0 aromatic heterocycles. The summed E-state index contributed by atoms with van der Waals surface area (Å²) in [7, 11) is -3.43. The monoisotopic (exact) mass is 479 g/mol. The second-order valence-electron chi connectivity index (χ2n) is 4.08. The topological polar surface area (TPSA) is 46.2 Å². The fourth-order valence-electron chi connectivity index (χ4n) is 1.51. The largest absolute Gasteiger partial charge is 0.240 e. The molecule has 0 fully saturated rings. The van der Waals surface area contributed by atoms with Crippen molar-refractivity contribution in [3.63, 3.8) is 0 Å². The molecule has 0 saturated carbocycles. The lowest BCUT2D eigenvalue weighted by atomic mass is 10.2. The van der Waals surface area contributed by atoms with Gasteiger partial charge in [0.1, 0.15) is 0 Å². The summed E-state index contributed by atoms with van der Waals surface area (Å²) in [6.07, 6.45) is 4.26. The molecule has 0 bridgehead atoms. The summed E-state index contributed by atoms with van der Waals surface area (Å²) < 4.78 is 28.4. The van der Waals surface area contributed by atoms with Crippen LogP contribution in [0.1, 0.15) is 25.7 Å². The maximum Gasteiger partial charge on any atom is 0.240 e. The van der Waals surface area contributed by atoms with E-state index >= 15 is 0 Å². The number of halogens is 3. The molecule has 3 nitrogen and oxygen atoms in total. The van der Waals surface area contributed by atoms with Crippen LogP contribution in [0.25, 0.3) is 0 Å². The van der Waals surface area contributed by atoms with Crippen LogP contribution >= 0.6 is 50.1 Å². The van der Waals surface area contributed by atoms with Gasteiger partial charge in [-0.1, -0.05) is 47.0 Å². The first-order chi connectivity index (χ1) is 8.97. The van der Waals surface area contributed by atoms with Crippen LogP contribution in [0.3, 0.4) is 0 Å². The average molecular weight is 481 g/mol. The molecule has 0 aliphatic heterocycles. The number of sulfonamides is 1. The van der Waals surface area contributed by atoms with Gasteiger partial charge in [-0.05, 0) is 51.4 Å². The molecule has 108 valence electrons. The quantitative estimate of drug-likeness (QED) is 0.341. The maximum absolute atomic E-state index is 12.0. The predicted octanol–water partition coefficient (Wildman–Crippen LogP) is 4.38. The van der Waals surface area contributed by atoms with Gasteiger partial charge in [-0.15, -0.1) is 0 Å². The normalized spacial score (nSPS) is 11.7. The fraction of sp³-hybridized carbons (Fsp3) is 0.500. The third-order valence-corrected chi connectivity index (χ3v) is 5.99. The van der Waals surface area contributed by atoms with Crippen LogP contribution in [0.2, 0.25) is 5.02 Å². The fourth-order valence-corrected chi connectivity index (χ4v) is 3.79. The van der Waals surface area contributed by atoms with Gasteiger partial charge in [0.05, 0.1) is 9.92 Å². The van der Waals surface area contributed by atoms with E-state index in [0.29, 0.717) is 16.0 Å². The Labute approximate surface area is 141 Å². The lowest BCUT2D eigenvalue weighted by Gasteiger charge is -2.07. The molecular weight excluding hydrogens is 464 g/mol. The Bertz CT molecular complexity index is 510. The van der Waals surface area contributed by atoms with Gasteiger partial charge in [-0.25, -0.2) is 13.1 Å². The van der Waals surface area contributed by atoms with Gasteiger partial charge in [-0.2, -0.15) is 0 Å². The molecule has 1 aromatic carbocycles. The first-order valence-electron chi connectivity index (χ1n) is 5.98. The van der Waals surface area contributed by atoms with Crippen molar-refractivity contribution in [1.82, 2.24) is 4.72 Å². The second-order valence-corrected chi connectivity index (χ2v) is 8.18. The van der Waals surface area contributed by atoms with E-state index in [0.717, 1.165) is 23.7 Å². The summed E-state index contributed by atoms with van der Waals surface area (Å²) in [6, 6.07) is 4.59. The number of rotatable bonds is 8. The molecule has 1 aromatic rings. The van der Waals surface area contributed by atoms with Crippen molar-refractivity contribution in [3.05, 3.63) is 27.7 Å². The molecule has 0 aliphatic rings. The van der Waals surface area contributed by atoms with Crippen LogP contribution in [0.5, 0.6) is 0 Å². The standard InChI is InChI=1S/C12H16BrClINO2S/c13-11-9-10(5-6-12(11)14)19(17,18)16-8-4-2-1-3-7-15/h5-6,9,16H,1-4,7-8H2. The van der Waals surface area contributed by atoms with Gasteiger partial charge in [0.25, 0.3) is 0 Å². The van der Waals surface area contributed by atoms with Crippen LogP contribution in [0.15, 0.2) is 27.6 Å². The van der Waals surface area contributed by atoms with Crippen molar-refractivity contribution in [2.75, 3.05) is 11.0 Å².